The van der Waals surface area contributed by atoms with Gasteiger partial charge in [-0.15, -0.1) is 0 Å². The predicted molar refractivity (Wildman–Crippen MR) is 72.5 cm³/mol. The third kappa shape index (κ3) is 6.91. The average Bonchev–Trinajstić information content (AvgIpc) is 2.41. The first-order valence-corrected chi connectivity index (χ1v) is 6.47. The maximum absolute atomic E-state index is 11.4. The van der Waals surface area contributed by atoms with Gasteiger partial charge in [0.25, 0.3) is 0 Å². The summed E-state index contributed by atoms with van der Waals surface area (Å²) in [5, 5.41) is 2.87. The van der Waals surface area contributed by atoms with Crippen molar-refractivity contribution in [3.8, 4) is 5.75 Å². The number of nitrogens with one attached hydrogen (secondary N) is 1. The molecule has 0 saturated carbocycles. The Kier molecular flexibility index (Phi) is 7.64. The van der Waals surface area contributed by atoms with Crippen molar-refractivity contribution in [3.63, 3.8) is 0 Å². The van der Waals surface area contributed by atoms with Gasteiger partial charge in [0.15, 0.2) is 0 Å². The molecule has 0 bridgehead atoms. The first kappa shape index (κ1) is 14.5. The number of amides is 1. The average molecular weight is 250 g/mol. The van der Waals surface area contributed by atoms with Gasteiger partial charge < -0.3 is 15.8 Å². The monoisotopic (exact) mass is 250 g/mol. The normalized spacial score (nSPS) is 10.1. The van der Waals surface area contributed by atoms with Crippen LogP contribution >= 0.6 is 0 Å². The van der Waals surface area contributed by atoms with Crippen molar-refractivity contribution >= 4 is 5.91 Å². The molecule has 0 saturated heterocycles. The van der Waals surface area contributed by atoms with Crippen LogP contribution < -0.4 is 15.8 Å². The van der Waals surface area contributed by atoms with E-state index < -0.39 is 0 Å². The number of hydrogen-bond donors (Lipinski definition) is 2. The number of nitrogens with two attached hydrogens (primary N) is 1. The summed E-state index contributed by atoms with van der Waals surface area (Å²) < 4.78 is 5.50. The number of hydrogen-bond acceptors (Lipinski definition) is 3. The molecule has 0 radical (unpaired) electrons. The first-order valence-electron chi connectivity index (χ1n) is 6.47. The molecule has 4 heteroatoms. The second-order valence-corrected chi connectivity index (χ2v) is 4.11. The fraction of sp³-hybridized carbons (Fsp3) is 0.500. The van der Waals surface area contributed by atoms with Crippen molar-refractivity contribution in [2.24, 2.45) is 5.73 Å². The maximum atomic E-state index is 11.4. The van der Waals surface area contributed by atoms with Gasteiger partial charge in [-0.25, -0.2) is 0 Å². The van der Waals surface area contributed by atoms with E-state index in [1.807, 2.05) is 30.3 Å². The Hall–Kier alpha value is -1.55. The molecule has 0 aromatic heterocycles. The Bertz CT molecular complexity index is 328. The van der Waals surface area contributed by atoms with Crippen LogP contribution in [0, 0.1) is 0 Å². The Morgan fingerprint density at radius 1 is 1.17 bits per heavy atom. The third-order valence-corrected chi connectivity index (χ3v) is 2.51. The van der Waals surface area contributed by atoms with Crippen LogP contribution in [0.3, 0.4) is 0 Å². The standard InChI is InChI=1S/C14H22N2O2/c15-10-4-5-11-16-14(17)9-6-12-18-13-7-2-1-3-8-13/h1-3,7-8H,4-6,9-12,15H2,(H,16,17). The van der Waals surface area contributed by atoms with Gasteiger partial charge in [-0.05, 0) is 37.9 Å². The van der Waals surface area contributed by atoms with Crippen LogP contribution in [-0.2, 0) is 4.79 Å². The van der Waals surface area contributed by atoms with Gasteiger partial charge in [0.05, 0.1) is 6.61 Å². The molecule has 100 valence electrons. The largest absolute Gasteiger partial charge is 0.494 e. The van der Waals surface area contributed by atoms with E-state index in [-0.39, 0.29) is 5.91 Å². The molecule has 0 fully saturated rings. The molecule has 1 aromatic carbocycles. The highest BCUT2D eigenvalue weighted by atomic mass is 16.5. The second kappa shape index (κ2) is 9.48. The Morgan fingerprint density at radius 2 is 1.94 bits per heavy atom. The highest BCUT2D eigenvalue weighted by molar-refractivity contribution is 5.75. The van der Waals surface area contributed by atoms with Crippen LogP contribution in [0.25, 0.3) is 0 Å². The number of ether oxygens (including phenoxy) is 1. The zero-order chi connectivity index (χ0) is 13.1. The van der Waals surface area contributed by atoms with E-state index in [1.165, 1.54) is 0 Å². The van der Waals surface area contributed by atoms with Crippen LogP contribution in [0.4, 0.5) is 0 Å². The summed E-state index contributed by atoms with van der Waals surface area (Å²) in [5.41, 5.74) is 5.37. The number of carbonyl (C=O) groups is 1. The third-order valence-electron chi connectivity index (χ3n) is 2.51. The maximum Gasteiger partial charge on any atom is 0.220 e. The number of carbonyl (C=O) groups excluding carboxylic acids is 1. The molecule has 18 heavy (non-hydrogen) atoms. The summed E-state index contributed by atoms with van der Waals surface area (Å²) in [7, 11) is 0. The molecule has 0 spiro atoms. The summed E-state index contributed by atoms with van der Waals surface area (Å²) in [6.45, 7) is 1.97. The fourth-order valence-corrected chi connectivity index (χ4v) is 1.52. The number of para-hydroxylation sites is 1. The number of rotatable bonds is 9. The molecular weight excluding hydrogens is 228 g/mol. The van der Waals surface area contributed by atoms with Gasteiger partial charge in [-0.1, -0.05) is 18.2 Å². The fourth-order valence-electron chi connectivity index (χ4n) is 1.52. The van der Waals surface area contributed by atoms with E-state index in [9.17, 15) is 4.79 Å². The van der Waals surface area contributed by atoms with Crippen LogP contribution in [0.5, 0.6) is 5.75 Å². The highest BCUT2D eigenvalue weighted by Crippen LogP contribution is 2.08. The zero-order valence-electron chi connectivity index (χ0n) is 10.7. The minimum absolute atomic E-state index is 0.0867. The smallest absolute Gasteiger partial charge is 0.220 e. The molecule has 0 atom stereocenters. The Labute approximate surface area is 109 Å². The summed E-state index contributed by atoms with van der Waals surface area (Å²) in [5.74, 6) is 0.935. The van der Waals surface area contributed by atoms with E-state index in [0.29, 0.717) is 19.6 Å². The molecule has 0 aliphatic heterocycles. The molecule has 3 N–H and O–H groups in total. The van der Waals surface area contributed by atoms with Crippen LogP contribution in [0.15, 0.2) is 30.3 Å². The lowest BCUT2D eigenvalue weighted by molar-refractivity contribution is -0.121. The molecule has 0 unspecified atom stereocenters. The molecule has 4 nitrogen and oxygen atoms in total. The molecule has 1 amide bonds. The summed E-state index contributed by atoms with van der Waals surface area (Å²) in [4.78, 5) is 11.4. The topological polar surface area (TPSA) is 64.3 Å². The Morgan fingerprint density at radius 3 is 2.67 bits per heavy atom. The van der Waals surface area contributed by atoms with Crippen molar-refractivity contribution in [3.05, 3.63) is 30.3 Å². The Balaban J connectivity index is 1.99. The van der Waals surface area contributed by atoms with E-state index in [4.69, 9.17) is 10.5 Å². The van der Waals surface area contributed by atoms with E-state index in [2.05, 4.69) is 5.32 Å². The van der Waals surface area contributed by atoms with E-state index in [0.717, 1.165) is 31.6 Å². The van der Waals surface area contributed by atoms with Crippen molar-refractivity contribution < 1.29 is 9.53 Å². The van der Waals surface area contributed by atoms with Gasteiger partial charge in [0.2, 0.25) is 5.91 Å². The van der Waals surface area contributed by atoms with Gasteiger partial charge in [0, 0.05) is 13.0 Å². The molecular formula is C14H22N2O2. The number of benzene rings is 1. The SMILES string of the molecule is NCCCCNC(=O)CCCOc1ccccc1. The van der Waals surface area contributed by atoms with Crippen LogP contribution in [0.1, 0.15) is 25.7 Å². The van der Waals surface area contributed by atoms with Crippen LogP contribution in [-0.4, -0.2) is 25.6 Å². The van der Waals surface area contributed by atoms with Crippen molar-refractivity contribution in [1.29, 1.82) is 0 Å². The molecule has 0 heterocycles. The number of unbranched alkanes of at least 4 members (excludes halogenated alkanes) is 1. The van der Waals surface area contributed by atoms with Gasteiger partial charge in [-0.3, -0.25) is 4.79 Å². The minimum atomic E-state index is 0.0867. The lowest BCUT2D eigenvalue weighted by atomic mass is 10.3. The predicted octanol–water partition coefficient (Wildman–Crippen LogP) is 1.70. The van der Waals surface area contributed by atoms with Crippen molar-refractivity contribution in [2.75, 3.05) is 19.7 Å². The van der Waals surface area contributed by atoms with E-state index in [1.54, 1.807) is 0 Å². The summed E-state index contributed by atoms with van der Waals surface area (Å²) in [6, 6.07) is 9.63. The minimum Gasteiger partial charge on any atom is -0.494 e. The van der Waals surface area contributed by atoms with Crippen molar-refractivity contribution in [2.45, 2.75) is 25.7 Å². The quantitative estimate of drug-likeness (QED) is 0.656. The second-order valence-electron chi connectivity index (χ2n) is 4.11. The molecule has 0 aliphatic rings. The first-order chi connectivity index (χ1) is 8.83. The molecule has 0 aliphatic carbocycles. The van der Waals surface area contributed by atoms with Gasteiger partial charge >= 0.3 is 0 Å². The lowest BCUT2D eigenvalue weighted by Gasteiger charge is -2.06. The van der Waals surface area contributed by atoms with Crippen molar-refractivity contribution in [1.82, 2.24) is 5.32 Å². The molecule has 1 aromatic rings. The zero-order valence-corrected chi connectivity index (χ0v) is 10.7. The highest BCUT2D eigenvalue weighted by Gasteiger charge is 2.00. The van der Waals surface area contributed by atoms with Crippen LogP contribution in [0.2, 0.25) is 0 Å². The summed E-state index contributed by atoms with van der Waals surface area (Å²) in [6.07, 6.45) is 3.15. The van der Waals surface area contributed by atoms with Gasteiger partial charge in [0.1, 0.15) is 5.75 Å². The lowest BCUT2D eigenvalue weighted by Crippen LogP contribution is -2.25. The summed E-state index contributed by atoms with van der Waals surface area (Å²) >= 11 is 0. The molecule has 1 rings (SSSR count). The van der Waals surface area contributed by atoms with Gasteiger partial charge in [-0.2, -0.15) is 0 Å². The van der Waals surface area contributed by atoms with E-state index >= 15 is 0 Å².